The van der Waals surface area contributed by atoms with Crippen molar-refractivity contribution < 1.29 is 4.39 Å². The molecule has 0 bridgehead atoms. The first kappa shape index (κ1) is 13.9. The second-order valence-corrected chi connectivity index (χ2v) is 5.76. The van der Waals surface area contributed by atoms with Gasteiger partial charge in [-0.05, 0) is 29.8 Å². The molecule has 3 aromatic rings. The maximum atomic E-state index is 14.0. The van der Waals surface area contributed by atoms with Crippen molar-refractivity contribution in [1.29, 1.82) is 0 Å². The second kappa shape index (κ2) is 6.11. The smallest absolute Gasteiger partial charge is 0.132 e. The van der Waals surface area contributed by atoms with E-state index in [-0.39, 0.29) is 5.82 Å². The number of hydrogen-bond donors (Lipinski definition) is 1. The molecule has 0 atom stereocenters. The van der Waals surface area contributed by atoms with Crippen LogP contribution in [0, 0.1) is 5.82 Å². The summed E-state index contributed by atoms with van der Waals surface area (Å²) in [4.78, 5) is 9.52. The predicted molar refractivity (Wildman–Crippen MR) is 82.4 cm³/mol. The van der Waals surface area contributed by atoms with Crippen LogP contribution in [0.1, 0.15) is 15.4 Å². The van der Waals surface area contributed by atoms with E-state index in [0.29, 0.717) is 24.2 Å². The lowest BCUT2D eigenvalue weighted by Crippen LogP contribution is -1.95. The Morgan fingerprint density at radius 3 is 2.57 bits per heavy atom. The summed E-state index contributed by atoms with van der Waals surface area (Å²) in [7, 11) is 0. The molecule has 0 aliphatic carbocycles. The van der Waals surface area contributed by atoms with Crippen molar-refractivity contribution >= 4 is 11.3 Å². The molecule has 0 radical (unpaired) electrons. The van der Waals surface area contributed by atoms with Crippen LogP contribution >= 0.6 is 11.3 Å². The van der Waals surface area contributed by atoms with E-state index >= 15 is 0 Å². The van der Waals surface area contributed by atoms with Crippen LogP contribution in [-0.2, 0) is 13.0 Å². The molecular formula is C16H14FN3S. The zero-order valence-electron chi connectivity index (χ0n) is 11.3. The van der Waals surface area contributed by atoms with Gasteiger partial charge in [0, 0.05) is 35.8 Å². The van der Waals surface area contributed by atoms with Gasteiger partial charge in [0.15, 0.2) is 0 Å². The Balaban J connectivity index is 2.04. The molecule has 0 unspecified atom stereocenters. The van der Waals surface area contributed by atoms with Crippen LogP contribution in [0.15, 0.2) is 48.8 Å². The Labute approximate surface area is 126 Å². The van der Waals surface area contributed by atoms with E-state index in [4.69, 9.17) is 5.73 Å². The first-order valence-corrected chi connectivity index (χ1v) is 7.42. The largest absolute Gasteiger partial charge is 0.325 e. The van der Waals surface area contributed by atoms with Gasteiger partial charge in [0.2, 0.25) is 0 Å². The highest BCUT2D eigenvalue weighted by Gasteiger charge is 2.15. The van der Waals surface area contributed by atoms with Crippen molar-refractivity contribution in [2.45, 2.75) is 13.0 Å². The zero-order chi connectivity index (χ0) is 14.7. The van der Waals surface area contributed by atoms with E-state index < -0.39 is 0 Å². The summed E-state index contributed by atoms with van der Waals surface area (Å²) in [5.74, 6) is -0.262. The van der Waals surface area contributed by atoms with E-state index in [9.17, 15) is 4.39 Å². The number of halogens is 1. The number of thiazole rings is 1. The number of aromatic nitrogens is 2. The molecular weight excluding hydrogens is 285 g/mol. The maximum absolute atomic E-state index is 14.0. The van der Waals surface area contributed by atoms with E-state index in [0.717, 1.165) is 15.4 Å². The third-order valence-corrected chi connectivity index (χ3v) is 4.24. The topological polar surface area (TPSA) is 51.8 Å². The molecule has 0 saturated carbocycles. The SMILES string of the molecule is NCc1nc(-c2ccccc2F)c(Cc2ccncc2)s1. The Hall–Kier alpha value is -2.11. The fourth-order valence-corrected chi connectivity index (χ4v) is 3.15. The summed E-state index contributed by atoms with van der Waals surface area (Å²) in [5, 5.41) is 0.817. The molecule has 0 amide bonds. The van der Waals surface area contributed by atoms with Crippen molar-refractivity contribution in [2.24, 2.45) is 5.73 Å². The Morgan fingerprint density at radius 1 is 1.10 bits per heavy atom. The average Bonchev–Trinajstić information content (AvgIpc) is 2.92. The van der Waals surface area contributed by atoms with Crippen LogP contribution in [0.25, 0.3) is 11.3 Å². The summed E-state index contributed by atoms with van der Waals surface area (Å²) in [6, 6.07) is 10.6. The quantitative estimate of drug-likeness (QED) is 0.803. The lowest BCUT2D eigenvalue weighted by molar-refractivity contribution is 0.630. The van der Waals surface area contributed by atoms with Gasteiger partial charge in [-0.15, -0.1) is 11.3 Å². The molecule has 0 saturated heterocycles. The fourth-order valence-electron chi connectivity index (χ4n) is 2.16. The minimum absolute atomic E-state index is 0.262. The molecule has 1 aromatic carbocycles. The first-order chi connectivity index (χ1) is 10.3. The predicted octanol–water partition coefficient (Wildman–Crippen LogP) is 3.39. The second-order valence-electron chi connectivity index (χ2n) is 4.60. The molecule has 0 spiro atoms. The summed E-state index contributed by atoms with van der Waals surface area (Å²) in [5.41, 5.74) is 8.02. The highest BCUT2D eigenvalue weighted by atomic mass is 32.1. The zero-order valence-corrected chi connectivity index (χ0v) is 12.1. The standard InChI is InChI=1S/C16H14FN3S/c17-13-4-2-1-3-12(13)16-14(21-15(10-18)20-16)9-11-5-7-19-8-6-11/h1-8H,9-10,18H2. The summed E-state index contributed by atoms with van der Waals surface area (Å²) >= 11 is 1.53. The highest BCUT2D eigenvalue weighted by molar-refractivity contribution is 7.12. The monoisotopic (exact) mass is 299 g/mol. The Morgan fingerprint density at radius 2 is 1.86 bits per heavy atom. The molecule has 3 nitrogen and oxygen atoms in total. The van der Waals surface area contributed by atoms with Crippen molar-refractivity contribution in [2.75, 3.05) is 0 Å². The summed E-state index contributed by atoms with van der Waals surface area (Å²) < 4.78 is 14.0. The molecule has 5 heteroatoms. The van der Waals surface area contributed by atoms with E-state index in [1.165, 1.54) is 17.4 Å². The van der Waals surface area contributed by atoms with Crippen molar-refractivity contribution in [3.8, 4) is 11.3 Å². The Bertz CT molecular complexity index is 740. The minimum atomic E-state index is -0.262. The van der Waals surface area contributed by atoms with E-state index in [2.05, 4.69) is 9.97 Å². The van der Waals surface area contributed by atoms with Gasteiger partial charge in [-0.1, -0.05) is 12.1 Å². The van der Waals surface area contributed by atoms with Gasteiger partial charge in [-0.2, -0.15) is 0 Å². The maximum Gasteiger partial charge on any atom is 0.132 e. The highest BCUT2D eigenvalue weighted by Crippen LogP contribution is 2.31. The number of hydrogen-bond acceptors (Lipinski definition) is 4. The van der Waals surface area contributed by atoms with Gasteiger partial charge in [-0.25, -0.2) is 9.37 Å². The van der Waals surface area contributed by atoms with Crippen LogP contribution in [0.4, 0.5) is 4.39 Å². The number of pyridine rings is 1. The molecule has 0 aliphatic heterocycles. The van der Waals surface area contributed by atoms with Crippen molar-refractivity contribution in [3.05, 3.63) is 70.1 Å². The van der Waals surface area contributed by atoms with Gasteiger partial charge in [0.05, 0.1) is 5.69 Å². The van der Waals surface area contributed by atoms with Crippen LogP contribution in [-0.4, -0.2) is 9.97 Å². The molecule has 21 heavy (non-hydrogen) atoms. The van der Waals surface area contributed by atoms with Gasteiger partial charge >= 0.3 is 0 Å². The van der Waals surface area contributed by atoms with Crippen molar-refractivity contribution in [1.82, 2.24) is 9.97 Å². The average molecular weight is 299 g/mol. The van der Waals surface area contributed by atoms with Crippen LogP contribution in [0.2, 0.25) is 0 Å². The number of rotatable bonds is 4. The molecule has 2 aromatic heterocycles. The third kappa shape index (κ3) is 2.99. The molecule has 0 fully saturated rings. The number of nitrogens with zero attached hydrogens (tertiary/aromatic N) is 2. The van der Waals surface area contributed by atoms with Crippen LogP contribution < -0.4 is 5.73 Å². The molecule has 0 aliphatic rings. The van der Waals surface area contributed by atoms with Gasteiger partial charge in [0.25, 0.3) is 0 Å². The molecule has 2 N–H and O–H groups in total. The third-order valence-electron chi connectivity index (χ3n) is 3.16. The van der Waals surface area contributed by atoms with Gasteiger partial charge < -0.3 is 5.73 Å². The van der Waals surface area contributed by atoms with E-state index in [1.54, 1.807) is 24.5 Å². The lowest BCUT2D eigenvalue weighted by Gasteiger charge is -2.04. The number of benzene rings is 1. The van der Waals surface area contributed by atoms with Crippen LogP contribution in [0.5, 0.6) is 0 Å². The Kier molecular flexibility index (Phi) is 4.03. The number of nitrogens with two attached hydrogens (primary N) is 1. The molecule has 2 heterocycles. The molecule has 106 valence electrons. The summed E-state index contributed by atoms with van der Waals surface area (Å²) in [6.45, 7) is 0.364. The normalized spacial score (nSPS) is 10.8. The van der Waals surface area contributed by atoms with Crippen molar-refractivity contribution in [3.63, 3.8) is 0 Å². The lowest BCUT2D eigenvalue weighted by atomic mass is 10.1. The minimum Gasteiger partial charge on any atom is -0.325 e. The first-order valence-electron chi connectivity index (χ1n) is 6.60. The fraction of sp³-hybridized carbons (Fsp3) is 0.125. The van der Waals surface area contributed by atoms with Gasteiger partial charge in [-0.3, -0.25) is 4.98 Å². The van der Waals surface area contributed by atoms with E-state index in [1.807, 2.05) is 18.2 Å². The van der Waals surface area contributed by atoms with Crippen LogP contribution in [0.3, 0.4) is 0 Å². The summed E-state index contributed by atoms with van der Waals surface area (Å²) in [6.07, 6.45) is 4.20. The van der Waals surface area contributed by atoms with Gasteiger partial charge in [0.1, 0.15) is 10.8 Å². The molecule has 3 rings (SSSR count).